The standard InChI is InChI=1S/C13H17NOS/c15-12-7-9-3-1-2-4-11(9)13(12)14-10-5-6-16-8-10/h1-4,10,12-15H,5-8H2/t10?,12-,13+/m0/s1. The number of benzene rings is 1. The van der Waals surface area contributed by atoms with E-state index in [-0.39, 0.29) is 12.1 Å². The fraction of sp³-hybridized carbons (Fsp3) is 0.538. The van der Waals surface area contributed by atoms with Gasteiger partial charge in [-0.1, -0.05) is 24.3 Å². The van der Waals surface area contributed by atoms with E-state index < -0.39 is 0 Å². The summed E-state index contributed by atoms with van der Waals surface area (Å²) in [7, 11) is 0. The molecule has 16 heavy (non-hydrogen) atoms. The lowest BCUT2D eigenvalue weighted by atomic mass is 10.1. The zero-order valence-corrected chi connectivity index (χ0v) is 10.0. The minimum atomic E-state index is -0.247. The van der Waals surface area contributed by atoms with Crippen LogP contribution in [0.1, 0.15) is 23.6 Å². The highest BCUT2D eigenvalue weighted by atomic mass is 32.2. The number of hydrogen-bond donors (Lipinski definition) is 2. The van der Waals surface area contributed by atoms with Crippen molar-refractivity contribution in [3.8, 4) is 0 Å². The molecule has 0 spiro atoms. The third-order valence-corrected chi connectivity index (χ3v) is 4.71. The van der Waals surface area contributed by atoms with Gasteiger partial charge in [0.15, 0.2) is 0 Å². The van der Waals surface area contributed by atoms with Crippen molar-refractivity contribution in [1.29, 1.82) is 0 Å². The van der Waals surface area contributed by atoms with E-state index >= 15 is 0 Å². The molecular weight excluding hydrogens is 218 g/mol. The van der Waals surface area contributed by atoms with Crippen LogP contribution in [0.2, 0.25) is 0 Å². The SMILES string of the molecule is O[C@H]1Cc2ccccc2[C@H]1NC1CCSC1. The van der Waals surface area contributed by atoms with Crippen LogP contribution in [0, 0.1) is 0 Å². The maximum absolute atomic E-state index is 10.1. The molecule has 3 heteroatoms. The van der Waals surface area contributed by atoms with Crippen molar-refractivity contribution < 1.29 is 5.11 Å². The van der Waals surface area contributed by atoms with Crippen molar-refractivity contribution in [2.45, 2.75) is 31.0 Å². The Morgan fingerprint density at radius 1 is 1.31 bits per heavy atom. The Kier molecular flexibility index (Phi) is 2.92. The summed E-state index contributed by atoms with van der Waals surface area (Å²) in [5, 5.41) is 13.7. The molecule has 1 fully saturated rings. The summed E-state index contributed by atoms with van der Waals surface area (Å²) < 4.78 is 0. The molecular formula is C13H17NOS. The molecule has 0 amide bonds. The van der Waals surface area contributed by atoms with E-state index in [4.69, 9.17) is 0 Å². The van der Waals surface area contributed by atoms with Gasteiger partial charge in [0.1, 0.15) is 0 Å². The lowest BCUT2D eigenvalue weighted by Crippen LogP contribution is -2.37. The molecule has 2 aliphatic rings. The van der Waals surface area contributed by atoms with Gasteiger partial charge in [-0.15, -0.1) is 0 Å². The predicted molar refractivity (Wildman–Crippen MR) is 67.8 cm³/mol. The van der Waals surface area contributed by atoms with E-state index in [9.17, 15) is 5.11 Å². The lowest BCUT2D eigenvalue weighted by Gasteiger charge is -2.22. The minimum absolute atomic E-state index is 0.153. The quantitative estimate of drug-likeness (QED) is 0.819. The molecule has 1 aliphatic carbocycles. The Morgan fingerprint density at radius 3 is 3.00 bits per heavy atom. The molecule has 2 nitrogen and oxygen atoms in total. The van der Waals surface area contributed by atoms with Gasteiger partial charge in [-0.3, -0.25) is 0 Å². The van der Waals surface area contributed by atoms with Crippen LogP contribution in [-0.4, -0.2) is 28.8 Å². The van der Waals surface area contributed by atoms with Gasteiger partial charge in [0.25, 0.3) is 0 Å². The third-order valence-electron chi connectivity index (χ3n) is 3.55. The molecule has 86 valence electrons. The molecule has 1 aromatic rings. The smallest absolute Gasteiger partial charge is 0.0775 e. The molecule has 1 aromatic carbocycles. The number of aliphatic hydroxyl groups excluding tert-OH is 1. The normalized spacial score (nSPS) is 32.9. The fourth-order valence-electron chi connectivity index (χ4n) is 2.69. The van der Waals surface area contributed by atoms with Crippen molar-refractivity contribution in [3.05, 3.63) is 35.4 Å². The molecule has 3 atom stereocenters. The number of hydrogen-bond acceptors (Lipinski definition) is 3. The van der Waals surface area contributed by atoms with E-state index in [0.717, 1.165) is 6.42 Å². The largest absolute Gasteiger partial charge is 0.391 e. The second-order valence-corrected chi connectivity index (χ2v) is 5.82. The van der Waals surface area contributed by atoms with Crippen LogP contribution in [-0.2, 0) is 6.42 Å². The van der Waals surface area contributed by atoms with Crippen molar-refractivity contribution in [1.82, 2.24) is 5.32 Å². The number of fused-ring (bicyclic) bond motifs is 1. The second kappa shape index (κ2) is 4.40. The molecule has 2 N–H and O–H groups in total. The average molecular weight is 235 g/mol. The molecule has 1 heterocycles. The molecule has 0 aromatic heterocycles. The highest BCUT2D eigenvalue weighted by Gasteiger charge is 2.32. The van der Waals surface area contributed by atoms with Gasteiger partial charge in [0.2, 0.25) is 0 Å². The zero-order chi connectivity index (χ0) is 11.0. The molecule has 1 aliphatic heterocycles. The number of aliphatic hydroxyl groups is 1. The third kappa shape index (κ3) is 1.88. The predicted octanol–water partition coefficient (Wildman–Crippen LogP) is 1.74. The zero-order valence-electron chi connectivity index (χ0n) is 9.23. The van der Waals surface area contributed by atoms with Crippen LogP contribution in [0.25, 0.3) is 0 Å². The van der Waals surface area contributed by atoms with Gasteiger partial charge in [0, 0.05) is 18.2 Å². The summed E-state index contributed by atoms with van der Waals surface area (Å²) in [5.41, 5.74) is 2.60. The summed E-state index contributed by atoms with van der Waals surface area (Å²) in [6.45, 7) is 0. The first-order chi connectivity index (χ1) is 7.84. The van der Waals surface area contributed by atoms with Crippen molar-refractivity contribution >= 4 is 11.8 Å². The average Bonchev–Trinajstić information content (AvgIpc) is 2.89. The van der Waals surface area contributed by atoms with Gasteiger partial charge < -0.3 is 10.4 Å². The second-order valence-electron chi connectivity index (χ2n) is 4.68. The van der Waals surface area contributed by atoms with Crippen molar-refractivity contribution in [2.24, 2.45) is 0 Å². The minimum Gasteiger partial charge on any atom is -0.391 e. The van der Waals surface area contributed by atoms with E-state index in [2.05, 4.69) is 29.6 Å². The first-order valence-electron chi connectivity index (χ1n) is 5.94. The fourth-order valence-corrected chi connectivity index (χ4v) is 3.86. The summed E-state index contributed by atoms with van der Waals surface area (Å²) in [4.78, 5) is 0. The van der Waals surface area contributed by atoms with E-state index in [0.29, 0.717) is 6.04 Å². The summed E-state index contributed by atoms with van der Waals surface area (Å²) in [5.74, 6) is 2.44. The summed E-state index contributed by atoms with van der Waals surface area (Å²) >= 11 is 2.00. The highest BCUT2D eigenvalue weighted by molar-refractivity contribution is 7.99. The first kappa shape index (κ1) is 10.6. The molecule has 1 saturated heterocycles. The Labute approximate surface area is 100 Å². The van der Waals surface area contributed by atoms with Gasteiger partial charge in [-0.05, 0) is 23.3 Å². The topological polar surface area (TPSA) is 32.3 Å². The van der Waals surface area contributed by atoms with Crippen LogP contribution in [0.3, 0.4) is 0 Å². The molecule has 0 bridgehead atoms. The van der Waals surface area contributed by atoms with Crippen LogP contribution in [0.15, 0.2) is 24.3 Å². The number of rotatable bonds is 2. The lowest BCUT2D eigenvalue weighted by molar-refractivity contribution is 0.136. The Hall–Kier alpha value is -0.510. The molecule has 1 unspecified atom stereocenters. The van der Waals surface area contributed by atoms with E-state index in [1.165, 1.54) is 29.1 Å². The molecule has 3 rings (SSSR count). The van der Waals surface area contributed by atoms with Gasteiger partial charge >= 0.3 is 0 Å². The number of thioether (sulfide) groups is 1. The van der Waals surface area contributed by atoms with Crippen LogP contribution in [0.5, 0.6) is 0 Å². The first-order valence-corrected chi connectivity index (χ1v) is 7.10. The van der Waals surface area contributed by atoms with Crippen LogP contribution in [0.4, 0.5) is 0 Å². The Morgan fingerprint density at radius 2 is 2.19 bits per heavy atom. The van der Waals surface area contributed by atoms with Gasteiger partial charge in [0.05, 0.1) is 12.1 Å². The Balaban J connectivity index is 1.79. The highest BCUT2D eigenvalue weighted by Crippen LogP contribution is 2.32. The number of nitrogens with one attached hydrogen (secondary N) is 1. The van der Waals surface area contributed by atoms with Gasteiger partial charge in [-0.2, -0.15) is 11.8 Å². The van der Waals surface area contributed by atoms with Crippen LogP contribution < -0.4 is 5.32 Å². The molecule has 0 saturated carbocycles. The molecule has 0 radical (unpaired) electrons. The van der Waals surface area contributed by atoms with Crippen LogP contribution >= 0.6 is 11.8 Å². The summed E-state index contributed by atoms with van der Waals surface area (Å²) in [6, 6.07) is 9.12. The maximum Gasteiger partial charge on any atom is 0.0775 e. The van der Waals surface area contributed by atoms with Crippen molar-refractivity contribution in [2.75, 3.05) is 11.5 Å². The van der Waals surface area contributed by atoms with E-state index in [1.54, 1.807) is 0 Å². The maximum atomic E-state index is 10.1. The monoisotopic (exact) mass is 235 g/mol. The van der Waals surface area contributed by atoms with Gasteiger partial charge in [-0.25, -0.2) is 0 Å². The van der Waals surface area contributed by atoms with Crippen molar-refractivity contribution in [3.63, 3.8) is 0 Å². The van der Waals surface area contributed by atoms with E-state index in [1.807, 2.05) is 11.8 Å². The summed E-state index contributed by atoms with van der Waals surface area (Å²) in [6.07, 6.45) is 1.78. The Bertz CT molecular complexity index is 376.